The van der Waals surface area contributed by atoms with Crippen LogP contribution in [0, 0.1) is 0 Å². The van der Waals surface area contributed by atoms with Crippen molar-refractivity contribution in [2.24, 2.45) is 0 Å². The lowest BCUT2D eigenvalue weighted by molar-refractivity contribution is -0.123. The van der Waals surface area contributed by atoms with Crippen molar-refractivity contribution in [3.05, 3.63) is 23.2 Å². The summed E-state index contributed by atoms with van der Waals surface area (Å²) in [4.78, 5) is 11.9. The molecule has 0 radical (unpaired) electrons. The van der Waals surface area contributed by atoms with Crippen LogP contribution in [0.2, 0.25) is 5.02 Å². The highest BCUT2D eigenvalue weighted by Gasteiger charge is 2.23. The van der Waals surface area contributed by atoms with E-state index < -0.39 is 22.0 Å². The zero-order chi connectivity index (χ0) is 17.6. The molecule has 2 N–H and O–H groups in total. The molecule has 0 fully saturated rings. The minimum Gasteiger partial charge on any atom is -0.495 e. The van der Waals surface area contributed by atoms with Crippen molar-refractivity contribution >= 4 is 27.5 Å². The second kappa shape index (κ2) is 8.49. The summed E-state index contributed by atoms with van der Waals surface area (Å²) >= 11 is 5.93. The Bertz CT molecular complexity index is 651. The molecule has 0 saturated carbocycles. The monoisotopic (exact) mass is 364 g/mol. The average molecular weight is 365 g/mol. The number of amides is 1. The van der Waals surface area contributed by atoms with Crippen molar-refractivity contribution in [1.29, 1.82) is 0 Å². The molecule has 0 aliphatic carbocycles. The molecule has 0 bridgehead atoms. The summed E-state index contributed by atoms with van der Waals surface area (Å²) in [6.07, 6.45) is 0. The van der Waals surface area contributed by atoms with Crippen molar-refractivity contribution in [2.75, 3.05) is 20.8 Å². The second-order valence-corrected chi connectivity index (χ2v) is 7.13. The Morgan fingerprint density at radius 1 is 1.30 bits per heavy atom. The van der Waals surface area contributed by atoms with Crippen molar-refractivity contribution in [3.63, 3.8) is 0 Å². The SMILES string of the molecule is COC[C@@H](C)NC(=O)[C@H](C)NS(=O)(=O)c1ccc(OC)c(Cl)c1. The van der Waals surface area contributed by atoms with Gasteiger partial charge in [0.1, 0.15) is 5.75 Å². The highest BCUT2D eigenvalue weighted by Crippen LogP contribution is 2.26. The number of hydrogen-bond acceptors (Lipinski definition) is 5. The van der Waals surface area contributed by atoms with Gasteiger partial charge in [-0.1, -0.05) is 11.6 Å². The van der Waals surface area contributed by atoms with Gasteiger partial charge in [-0.3, -0.25) is 4.79 Å². The zero-order valence-corrected chi connectivity index (χ0v) is 15.0. The molecular formula is C14H21ClN2O5S. The number of carbonyl (C=O) groups is 1. The summed E-state index contributed by atoms with van der Waals surface area (Å²) < 4.78 is 36.8. The first-order valence-electron chi connectivity index (χ1n) is 6.86. The van der Waals surface area contributed by atoms with E-state index in [1.807, 2.05) is 0 Å². The summed E-state index contributed by atoms with van der Waals surface area (Å²) in [6.45, 7) is 3.54. The van der Waals surface area contributed by atoms with Crippen LogP contribution in [-0.4, -0.2) is 47.2 Å². The molecule has 1 amide bonds. The van der Waals surface area contributed by atoms with Gasteiger partial charge >= 0.3 is 0 Å². The highest BCUT2D eigenvalue weighted by atomic mass is 35.5. The number of rotatable bonds is 8. The highest BCUT2D eigenvalue weighted by molar-refractivity contribution is 7.89. The normalized spacial score (nSPS) is 14.1. The van der Waals surface area contributed by atoms with Crippen LogP contribution >= 0.6 is 11.6 Å². The Morgan fingerprint density at radius 3 is 2.48 bits per heavy atom. The Kier molecular flexibility index (Phi) is 7.27. The van der Waals surface area contributed by atoms with Gasteiger partial charge in [0.05, 0.1) is 29.7 Å². The van der Waals surface area contributed by atoms with Crippen LogP contribution in [0.4, 0.5) is 0 Å². The Morgan fingerprint density at radius 2 is 1.96 bits per heavy atom. The fourth-order valence-electron chi connectivity index (χ4n) is 1.83. The van der Waals surface area contributed by atoms with E-state index in [1.54, 1.807) is 6.92 Å². The molecule has 1 aromatic rings. The van der Waals surface area contributed by atoms with Crippen molar-refractivity contribution in [3.8, 4) is 5.75 Å². The third-order valence-electron chi connectivity index (χ3n) is 2.96. The average Bonchev–Trinajstić information content (AvgIpc) is 2.46. The summed E-state index contributed by atoms with van der Waals surface area (Å²) in [5.74, 6) is -0.0810. The maximum atomic E-state index is 12.3. The number of halogens is 1. The van der Waals surface area contributed by atoms with Gasteiger partial charge in [-0.2, -0.15) is 4.72 Å². The van der Waals surface area contributed by atoms with Crippen molar-refractivity contribution in [1.82, 2.24) is 10.0 Å². The van der Waals surface area contributed by atoms with Crippen molar-refractivity contribution in [2.45, 2.75) is 30.8 Å². The van der Waals surface area contributed by atoms with Gasteiger partial charge in [-0.15, -0.1) is 0 Å². The third-order valence-corrected chi connectivity index (χ3v) is 4.80. The fourth-order valence-corrected chi connectivity index (χ4v) is 3.38. The van der Waals surface area contributed by atoms with Gasteiger partial charge in [0.25, 0.3) is 0 Å². The number of benzene rings is 1. The lowest BCUT2D eigenvalue weighted by atomic mass is 10.3. The fraction of sp³-hybridized carbons (Fsp3) is 0.500. The van der Waals surface area contributed by atoms with Crippen LogP contribution in [0.3, 0.4) is 0 Å². The molecule has 0 aromatic heterocycles. The molecule has 0 aliphatic heterocycles. The minimum absolute atomic E-state index is 0.0483. The van der Waals surface area contributed by atoms with Crippen LogP contribution in [0.5, 0.6) is 5.75 Å². The molecular weight excluding hydrogens is 344 g/mol. The third kappa shape index (κ3) is 5.65. The van der Waals surface area contributed by atoms with Gasteiger partial charge < -0.3 is 14.8 Å². The number of hydrogen-bond donors (Lipinski definition) is 2. The molecule has 0 heterocycles. The molecule has 1 aromatic carbocycles. The molecule has 2 atom stereocenters. The molecule has 0 saturated heterocycles. The van der Waals surface area contributed by atoms with Gasteiger partial charge in [0.15, 0.2) is 0 Å². The Hall–Kier alpha value is -1.35. The molecule has 23 heavy (non-hydrogen) atoms. The lowest BCUT2D eigenvalue weighted by Crippen LogP contribution is -2.48. The first kappa shape index (κ1) is 19.7. The van der Waals surface area contributed by atoms with E-state index in [0.29, 0.717) is 12.4 Å². The summed E-state index contributed by atoms with van der Waals surface area (Å²) in [7, 11) is -0.934. The summed E-state index contributed by atoms with van der Waals surface area (Å²) in [5, 5.41) is 2.82. The van der Waals surface area contributed by atoms with Crippen LogP contribution in [-0.2, 0) is 19.6 Å². The van der Waals surface area contributed by atoms with E-state index in [4.69, 9.17) is 21.1 Å². The van der Waals surface area contributed by atoms with Gasteiger partial charge in [0.2, 0.25) is 15.9 Å². The van der Waals surface area contributed by atoms with E-state index in [0.717, 1.165) is 0 Å². The van der Waals surface area contributed by atoms with Gasteiger partial charge in [-0.05, 0) is 32.0 Å². The van der Waals surface area contributed by atoms with E-state index in [-0.39, 0.29) is 16.0 Å². The predicted molar refractivity (Wildman–Crippen MR) is 87.3 cm³/mol. The number of methoxy groups -OCH3 is 2. The van der Waals surface area contributed by atoms with Gasteiger partial charge in [-0.25, -0.2) is 8.42 Å². The van der Waals surface area contributed by atoms with E-state index in [9.17, 15) is 13.2 Å². The number of nitrogens with one attached hydrogen (secondary N) is 2. The molecule has 130 valence electrons. The maximum absolute atomic E-state index is 12.3. The van der Waals surface area contributed by atoms with Crippen LogP contribution in [0.25, 0.3) is 0 Å². The number of ether oxygens (including phenoxy) is 2. The van der Waals surface area contributed by atoms with E-state index in [2.05, 4.69) is 10.0 Å². The first-order chi connectivity index (χ1) is 10.7. The standard InChI is InChI=1S/C14H21ClN2O5S/c1-9(8-21-3)16-14(18)10(2)17-23(19,20)11-5-6-13(22-4)12(15)7-11/h5-7,9-10,17H,8H2,1-4H3,(H,16,18)/t9-,10+/m1/s1. The van der Waals surface area contributed by atoms with E-state index >= 15 is 0 Å². The molecule has 0 unspecified atom stereocenters. The smallest absolute Gasteiger partial charge is 0.241 e. The Balaban J connectivity index is 2.81. The van der Waals surface area contributed by atoms with Crippen LogP contribution < -0.4 is 14.8 Å². The molecule has 0 aliphatic rings. The molecule has 1 rings (SSSR count). The Labute approximate surface area is 141 Å². The number of sulfonamides is 1. The quantitative estimate of drug-likeness (QED) is 0.722. The molecule has 9 heteroatoms. The summed E-state index contributed by atoms with van der Waals surface area (Å²) in [5.41, 5.74) is 0. The van der Waals surface area contributed by atoms with Crippen molar-refractivity contribution < 1.29 is 22.7 Å². The zero-order valence-electron chi connectivity index (χ0n) is 13.4. The molecule has 0 spiro atoms. The topological polar surface area (TPSA) is 93.7 Å². The van der Waals surface area contributed by atoms with Crippen LogP contribution in [0.15, 0.2) is 23.1 Å². The van der Waals surface area contributed by atoms with Gasteiger partial charge in [0, 0.05) is 13.2 Å². The minimum atomic E-state index is -3.88. The van der Waals surface area contributed by atoms with Crippen LogP contribution in [0.1, 0.15) is 13.8 Å². The predicted octanol–water partition coefficient (Wildman–Crippen LogP) is 1.17. The number of carbonyl (C=O) groups excluding carboxylic acids is 1. The first-order valence-corrected chi connectivity index (χ1v) is 8.72. The van der Waals surface area contributed by atoms with E-state index in [1.165, 1.54) is 39.3 Å². The second-order valence-electron chi connectivity index (χ2n) is 5.00. The largest absolute Gasteiger partial charge is 0.495 e. The lowest BCUT2D eigenvalue weighted by Gasteiger charge is -2.18. The molecule has 7 nitrogen and oxygen atoms in total. The maximum Gasteiger partial charge on any atom is 0.241 e. The summed E-state index contributed by atoms with van der Waals surface area (Å²) in [6, 6.07) is 2.89.